The minimum atomic E-state index is -4.70. The molecule has 5 nitrogen and oxygen atoms in total. The topological polar surface area (TPSA) is 80.5 Å². The summed E-state index contributed by atoms with van der Waals surface area (Å²) in [6.45, 7) is -0.530. The molecule has 1 fully saturated rings. The number of halogens is 5. The lowest BCUT2D eigenvalue weighted by Gasteiger charge is -2.21. The fraction of sp³-hybridized carbons (Fsp3) is 0.462. The highest BCUT2D eigenvalue weighted by Crippen LogP contribution is 2.37. The van der Waals surface area contributed by atoms with Crippen molar-refractivity contribution in [1.29, 1.82) is 0 Å². The third kappa shape index (κ3) is 4.53. The fourth-order valence-corrected chi connectivity index (χ4v) is 4.43. The molecule has 0 spiro atoms. The number of sulfonamides is 1. The van der Waals surface area contributed by atoms with Crippen molar-refractivity contribution in [3.05, 3.63) is 33.3 Å². The van der Waals surface area contributed by atoms with Crippen LogP contribution in [0.1, 0.15) is 24.0 Å². The molecule has 0 saturated heterocycles. The van der Waals surface area contributed by atoms with E-state index in [1.807, 2.05) is 0 Å². The third-order valence-electron chi connectivity index (χ3n) is 3.39. The van der Waals surface area contributed by atoms with E-state index < -0.39 is 45.0 Å². The van der Waals surface area contributed by atoms with Gasteiger partial charge in [-0.1, -0.05) is 23.2 Å². The van der Waals surface area contributed by atoms with Gasteiger partial charge < -0.3 is 5.73 Å². The quantitative estimate of drug-likeness (QED) is 0.791. The van der Waals surface area contributed by atoms with E-state index in [1.165, 1.54) is 0 Å². The molecule has 2 rings (SSSR count). The smallest absolute Gasteiger partial charge is 0.369 e. The van der Waals surface area contributed by atoms with Crippen LogP contribution >= 0.6 is 23.2 Å². The van der Waals surface area contributed by atoms with Crippen molar-refractivity contribution >= 4 is 39.1 Å². The molecule has 0 radical (unpaired) electrons. The number of nitrogens with two attached hydrogens (primary N) is 1. The van der Waals surface area contributed by atoms with Crippen LogP contribution < -0.4 is 5.73 Å². The van der Waals surface area contributed by atoms with Crippen molar-refractivity contribution in [2.45, 2.75) is 30.8 Å². The molecule has 0 aromatic heterocycles. The van der Waals surface area contributed by atoms with Crippen molar-refractivity contribution < 1.29 is 26.4 Å². The summed E-state index contributed by atoms with van der Waals surface area (Å²) in [6.07, 6.45) is -3.58. The molecular weight excluding hydrogens is 392 g/mol. The second-order valence-corrected chi connectivity index (χ2v) is 8.13. The highest BCUT2D eigenvalue weighted by molar-refractivity contribution is 7.88. The van der Waals surface area contributed by atoms with Gasteiger partial charge in [0.25, 0.3) is 0 Å². The Bertz CT molecular complexity index is 764. The van der Waals surface area contributed by atoms with Crippen molar-refractivity contribution in [2.75, 3.05) is 6.54 Å². The number of carbonyl (C=O) groups excluding carboxylic acids is 1. The van der Waals surface area contributed by atoms with Crippen LogP contribution in [0.2, 0.25) is 10.0 Å². The maximum absolute atomic E-state index is 12.9. The summed E-state index contributed by atoms with van der Waals surface area (Å²) in [5.41, 5.74) is 3.66. The summed E-state index contributed by atoms with van der Waals surface area (Å²) in [6, 6.07) is 0.894. The Morgan fingerprint density at radius 3 is 2.33 bits per heavy atom. The highest BCUT2D eigenvalue weighted by Gasteiger charge is 2.39. The Balaban J connectivity index is 2.38. The molecule has 2 N–H and O–H groups in total. The van der Waals surface area contributed by atoms with E-state index >= 15 is 0 Å². The van der Waals surface area contributed by atoms with Gasteiger partial charge in [0.1, 0.15) is 0 Å². The Kier molecular flexibility index (Phi) is 5.39. The lowest BCUT2D eigenvalue weighted by atomic mass is 10.1. The average molecular weight is 405 g/mol. The molecule has 1 aromatic rings. The largest absolute Gasteiger partial charge is 0.416 e. The van der Waals surface area contributed by atoms with Crippen LogP contribution in [-0.4, -0.2) is 31.2 Å². The van der Waals surface area contributed by atoms with Gasteiger partial charge in [0.15, 0.2) is 0 Å². The molecule has 0 heterocycles. The fourth-order valence-electron chi connectivity index (χ4n) is 2.16. The minimum absolute atomic E-state index is 0.275. The van der Waals surface area contributed by atoms with E-state index in [4.69, 9.17) is 28.9 Å². The van der Waals surface area contributed by atoms with E-state index in [0.29, 0.717) is 25.0 Å². The van der Waals surface area contributed by atoms with E-state index in [-0.39, 0.29) is 16.6 Å². The maximum atomic E-state index is 12.9. The van der Waals surface area contributed by atoms with Crippen molar-refractivity contribution in [3.8, 4) is 0 Å². The van der Waals surface area contributed by atoms with Gasteiger partial charge in [-0.15, -0.1) is 0 Å². The number of hydrogen-bond acceptors (Lipinski definition) is 3. The molecule has 1 aliphatic carbocycles. The molecule has 1 aromatic carbocycles. The number of nitrogens with zero attached hydrogens (tertiary/aromatic N) is 1. The Hall–Kier alpha value is -1.03. The van der Waals surface area contributed by atoms with Gasteiger partial charge in [-0.2, -0.15) is 17.5 Å². The molecule has 1 saturated carbocycles. The summed E-state index contributed by atoms with van der Waals surface area (Å²) in [5, 5.41) is -0.673. The van der Waals surface area contributed by atoms with Gasteiger partial charge in [0.05, 0.1) is 27.9 Å². The number of carbonyl (C=O) groups is 1. The van der Waals surface area contributed by atoms with Crippen LogP contribution in [0.4, 0.5) is 13.2 Å². The molecule has 24 heavy (non-hydrogen) atoms. The summed E-state index contributed by atoms with van der Waals surface area (Å²) in [5.74, 6) is -1.65. The van der Waals surface area contributed by atoms with Crippen LogP contribution in [0, 0.1) is 0 Å². The lowest BCUT2D eigenvalue weighted by Crippen LogP contribution is -2.40. The van der Waals surface area contributed by atoms with Crippen molar-refractivity contribution in [1.82, 2.24) is 4.31 Å². The first-order valence-corrected chi connectivity index (χ1v) is 9.11. The average Bonchev–Trinajstić information content (AvgIpc) is 3.23. The summed E-state index contributed by atoms with van der Waals surface area (Å²) >= 11 is 11.5. The van der Waals surface area contributed by atoms with Gasteiger partial charge >= 0.3 is 6.18 Å². The third-order valence-corrected chi connectivity index (χ3v) is 6.05. The van der Waals surface area contributed by atoms with Crippen LogP contribution in [0.5, 0.6) is 0 Å². The summed E-state index contributed by atoms with van der Waals surface area (Å²) < 4.78 is 64.4. The lowest BCUT2D eigenvalue weighted by molar-refractivity contribution is -0.137. The van der Waals surface area contributed by atoms with Gasteiger partial charge in [0.2, 0.25) is 15.9 Å². The van der Waals surface area contributed by atoms with Crippen molar-refractivity contribution in [2.24, 2.45) is 5.73 Å². The van der Waals surface area contributed by atoms with Gasteiger partial charge in [-0.05, 0) is 30.5 Å². The zero-order chi connectivity index (χ0) is 18.3. The molecule has 0 bridgehead atoms. The van der Waals surface area contributed by atoms with Crippen LogP contribution in [0.25, 0.3) is 0 Å². The molecule has 134 valence electrons. The first-order valence-electron chi connectivity index (χ1n) is 6.75. The van der Waals surface area contributed by atoms with Gasteiger partial charge in [-0.3, -0.25) is 4.79 Å². The second-order valence-electron chi connectivity index (χ2n) is 5.43. The molecule has 0 aliphatic heterocycles. The van der Waals surface area contributed by atoms with Crippen LogP contribution in [0.15, 0.2) is 12.1 Å². The predicted molar refractivity (Wildman–Crippen MR) is 83.0 cm³/mol. The van der Waals surface area contributed by atoms with Gasteiger partial charge in [-0.25, -0.2) is 8.42 Å². The Morgan fingerprint density at radius 1 is 1.29 bits per heavy atom. The van der Waals surface area contributed by atoms with Crippen LogP contribution in [0.3, 0.4) is 0 Å². The predicted octanol–water partition coefficient (Wildman–Crippen LogP) is 2.79. The summed E-state index contributed by atoms with van der Waals surface area (Å²) in [4.78, 5) is 11.1. The highest BCUT2D eigenvalue weighted by atomic mass is 35.5. The monoisotopic (exact) mass is 404 g/mol. The molecule has 0 unspecified atom stereocenters. The van der Waals surface area contributed by atoms with E-state index in [2.05, 4.69) is 0 Å². The number of alkyl halides is 3. The molecule has 0 atom stereocenters. The molecule has 1 aliphatic rings. The Morgan fingerprint density at radius 2 is 1.88 bits per heavy atom. The SMILES string of the molecule is NC(=O)CN(C1CC1)S(=O)(=O)Cc1cc(C(F)(F)F)cc(Cl)c1Cl. The number of benzene rings is 1. The second kappa shape index (κ2) is 6.70. The van der Waals surface area contributed by atoms with E-state index in [0.717, 1.165) is 4.31 Å². The first kappa shape index (κ1) is 19.3. The standard InChI is InChI=1S/C13H13Cl2F3N2O3S/c14-10-4-8(13(16,17)18)3-7(12(10)15)6-24(22,23)20(5-11(19)21)9-1-2-9/h3-4,9H,1-2,5-6H2,(H2,19,21). The number of amides is 1. The van der Waals surface area contributed by atoms with E-state index in [1.54, 1.807) is 0 Å². The number of primary amides is 1. The first-order chi connectivity index (χ1) is 10.9. The molecular formula is C13H13Cl2F3N2O3S. The summed E-state index contributed by atoms with van der Waals surface area (Å²) in [7, 11) is -4.09. The zero-order valence-electron chi connectivity index (χ0n) is 12.1. The van der Waals surface area contributed by atoms with Crippen LogP contribution in [-0.2, 0) is 26.7 Å². The molecule has 11 heteroatoms. The number of hydrogen-bond donors (Lipinski definition) is 1. The van der Waals surface area contributed by atoms with E-state index in [9.17, 15) is 26.4 Å². The molecule has 1 amide bonds. The number of rotatable bonds is 6. The van der Waals surface area contributed by atoms with Gasteiger partial charge in [0, 0.05) is 6.04 Å². The minimum Gasteiger partial charge on any atom is -0.369 e. The normalized spacial score (nSPS) is 15.8. The maximum Gasteiger partial charge on any atom is 0.416 e. The zero-order valence-corrected chi connectivity index (χ0v) is 14.4. The van der Waals surface area contributed by atoms with Crippen molar-refractivity contribution in [3.63, 3.8) is 0 Å². The Labute approximate surface area is 146 Å².